The maximum absolute atomic E-state index is 6.45. The smallest absolute Gasteiger partial charge is 0.125 e. The van der Waals surface area contributed by atoms with Crippen molar-refractivity contribution in [3.05, 3.63) is 23.8 Å². The zero-order valence-corrected chi connectivity index (χ0v) is 13.0. The maximum Gasteiger partial charge on any atom is 0.125 e. The molecule has 0 bridgehead atoms. The van der Waals surface area contributed by atoms with Crippen molar-refractivity contribution in [3.8, 4) is 11.5 Å². The second kappa shape index (κ2) is 4.66. The average Bonchev–Trinajstić information content (AvgIpc) is 2.72. The molecule has 1 aromatic rings. The van der Waals surface area contributed by atoms with Gasteiger partial charge in [-0.1, -0.05) is 13.8 Å². The Morgan fingerprint density at radius 1 is 1.30 bits per heavy atom. The van der Waals surface area contributed by atoms with Crippen molar-refractivity contribution >= 4 is 0 Å². The Hall–Kier alpha value is -1.22. The topological polar surface area (TPSA) is 30.5 Å². The van der Waals surface area contributed by atoms with Gasteiger partial charge in [-0.3, -0.25) is 0 Å². The van der Waals surface area contributed by atoms with Crippen molar-refractivity contribution in [1.82, 2.24) is 5.32 Å². The lowest BCUT2D eigenvalue weighted by atomic mass is 9.82. The molecule has 1 saturated carbocycles. The standard InChI is InChI=1S/C17H25NO2/c1-16(2)7-8-17(11-16)10-14(18-3)13-9-12(19-4)5-6-15(13)20-17/h5-6,9,14,18H,7-8,10-11H2,1-4H3. The predicted octanol–water partition coefficient (Wildman–Crippen LogP) is 3.69. The van der Waals surface area contributed by atoms with Crippen LogP contribution in [0.1, 0.15) is 51.1 Å². The van der Waals surface area contributed by atoms with E-state index in [2.05, 4.69) is 31.3 Å². The zero-order valence-electron chi connectivity index (χ0n) is 13.0. The molecular formula is C17H25NO2. The lowest BCUT2D eigenvalue weighted by Gasteiger charge is -2.41. The third-order valence-corrected chi connectivity index (χ3v) is 4.90. The number of methoxy groups -OCH3 is 1. The number of hydrogen-bond acceptors (Lipinski definition) is 3. The van der Waals surface area contributed by atoms with E-state index in [-0.39, 0.29) is 5.60 Å². The van der Waals surface area contributed by atoms with Crippen LogP contribution in [0.15, 0.2) is 18.2 Å². The fraction of sp³-hybridized carbons (Fsp3) is 0.647. The lowest BCUT2D eigenvalue weighted by molar-refractivity contribution is 0.0286. The molecule has 1 aliphatic heterocycles. The second-order valence-corrected chi connectivity index (χ2v) is 7.08. The molecule has 1 fully saturated rings. The Bertz CT molecular complexity index is 512. The number of fused-ring (bicyclic) bond motifs is 1. The Morgan fingerprint density at radius 3 is 2.70 bits per heavy atom. The molecule has 2 atom stereocenters. The summed E-state index contributed by atoms with van der Waals surface area (Å²) in [5.74, 6) is 1.92. The average molecular weight is 275 g/mol. The third-order valence-electron chi connectivity index (χ3n) is 4.90. The Kier molecular flexibility index (Phi) is 3.20. The van der Waals surface area contributed by atoms with Gasteiger partial charge in [-0.2, -0.15) is 0 Å². The van der Waals surface area contributed by atoms with E-state index in [0.29, 0.717) is 11.5 Å². The first-order valence-corrected chi connectivity index (χ1v) is 7.51. The van der Waals surface area contributed by atoms with E-state index in [9.17, 15) is 0 Å². The molecule has 2 unspecified atom stereocenters. The van der Waals surface area contributed by atoms with E-state index in [4.69, 9.17) is 9.47 Å². The van der Waals surface area contributed by atoms with Crippen LogP contribution in [0.4, 0.5) is 0 Å². The summed E-state index contributed by atoms with van der Waals surface area (Å²) in [6.45, 7) is 4.70. The van der Waals surface area contributed by atoms with E-state index in [0.717, 1.165) is 30.8 Å². The summed E-state index contributed by atoms with van der Waals surface area (Å²) in [7, 11) is 3.74. The number of benzene rings is 1. The largest absolute Gasteiger partial charge is 0.497 e. The molecule has 1 aliphatic carbocycles. The molecule has 1 aromatic carbocycles. The lowest BCUT2D eigenvalue weighted by Crippen LogP contribution is -2.42. The summed E-state index contributed by atoms with van der Waals surface area (Å²) in [4.78, 5) is 0. The van der Waals surface area contributed by atoms with Crippen molar-refractivity contribution in [2.24, 2.45) is 5.41 Å². The molecule has 1 N–H and O–H groups in total. The van der Waals surface area contributed by atoms with Gasteiger partial charge in [-0.15, -0.1) is 0 Å². The molecule has 0 saturated heterocycles. The van der Waals surface area contributed by atoms with E-state index in [1.54, 1.807) is 7.11 Å². The minimum Gasteiger partial charge on any atom is -0.497 e. The SMILES string of the molecule is CNC1CC2(CCC(C)(C)C2)Oc2ccc(OC)cc21. The summed E-state index contributed by atoms with van der Waals surface area (Å²) in [5.41, 5.74) is 1.63. The van der Waals surface area contributed by atoms with Gasteiger partial charge in [0.2, 0.25) is 0 Å². The minimum atomic E-state index is 0.0127. The van der Waals surface area contributed by atoms with Crippen LogP contribution < -0.4 is 14.8 Å². The summed E-state index contributed by atoms with van der Waals surface area (Å²) in [6.07, 6.45) is 4.59. The molecule has 3 nitrogen and oxygen atoms in total. The van der Waals surface area contributed by atoms with Crippen LogP contribution in [0.2, 0.25) is 0 Å². The van der Waals surface area contributed by atoms with Crippen molar-refractivity contribution < 1.29 is 9.47 Å². The molecule has 1 heterocycles. The van der Waals surface area contributed by atoms with Gasteiger partial charge in [0.05, 0.1) is 7.11 Å². The van der Waals surface area contributed by atoms with Crippen LogP contribution >= 0.6 is 0 Å². The van der Waals surface area contributed by atoms with Crippen molar-refractivity contribution in [2.75, 3.05) is 14.2 Å². The van der Waals surface area contributed by atoms with Gasteiger partial charge in [0.25, 0.3) is 0 Å². The van der Waals surface area contributed by atoms with Gasteiger partial charge in [-0.05, 0) is 49.9 Å². The molecule has 0 radical (unpaired) electrons. The van der Waals surface area contributed by atoms with E-state index in [1.165, 1.54) is 12.0 Å². The Labute approximate surface area is 121 Å². The quantitative estimate of drug-likeness (QED) is 0.893. The Morgan fingerprint density at radius 2 is 2.10 bits per heavy atom. The van der Waals surface area contributed by atoms with Crippen molar-refractivity contribution in [1.29, 1.82) is 0 Å². The molecule has 1 spiro atoms. The minimum absolute atomic E-state index is 0.0127. The highest BCUT2D eigenvalue weighted by atomic mass is 16.5. The first-order valence-electron chi connectivity index (χ1n) is 7.51. The number of ether oxygens (including phenoxy) is 2. The van der Waals surface area contributed by atoms with Gasteiger partial charge in [0.15, 0.2) is 0 Å². The Balaban J connectivity index is 1.95. The highest BCUT2D eigenvalue weighted by molar-refractivity contribution is 5.44. The summed E-state index contributed by atoms with van der Waals surface area (Å²) >= 11 is 0. The fourth-order valence-electron chi connectivity index (χ4n) is 3.91. The first kappa shape index (κ1) is 13.7. The molecule has 0 aromatic heterocycles. The molecule has 2 aliphatic rings. The maximum atomic E-state index is 6.45. The van der Waals surface area contributed by atoms with E-state index >= 15 is 0 Å². The molecule has 3 rings (SSSR count). The summed E-state index contributed by atoms with van der Waals surface area (Å²) in [5, 5.41) is 3.45. The van der Waals surface area contributed by atoms with Crippen LogP contribution in [0.5, 0.6) is 11.5 Å². The highest BCUT2D eigenvalue weighted by Crippen LogP contribution is 2.53. The molecule has 0 amide bonds. The van der Waals surface area contributed by atoms with Crippen molar-refractivity contribution in [2.45, 2.75) is 51.2 Å². The van der Waals surface area contributed by atoms with E-state index < -0.39 is 0 Å². The van der Waals surface area contributed by atoms with Gasteiger partial charge < -0.3 is 14.8 Å². The van der Waals surface area contributed by atoms with E-state index in [1.807, 2.05) is 13.1 Å². The van der Waals surface area contributed by atoms with Gasteiger partial charge in [0, 0.05) is 18.0 Å². The van der Waals surface area contributed by atoms with Crippen LogP contribution in [0, 0.1) is 5.41 Å². The number of rotatable bonds is 2. The monoisotopic (exact) mass is 275 g/mol. The zero-order chi connectivity index (χ0) is 14.4. The molecular weight excluding hydrogens is 250 g/mol. The van der Waals surface area contributed by atoms with Crippen LogP contribution in [0.25, 0.3) is 0 Å². The molecule has 110 valence electrons. The summed E-state index contributed by atoms with van der Waals surface area (Å²) in [6, 6.07) is 6.50. The number of hydrogen-bond donors (Lipinski definition) is 1. The second-order valence-electron chi connectivity index (χ2n) is 7.08. The fourth-order valence-corrected chi connectivity index (χ4v) is 3.91. The molecule has 3 heteroatoms. The highest BCUT2D eigenvalue weighted by Gasteiger charge is 2.49. The summed E-state index contributed by atoms with van der Waals surface area (Å²) < 4.78 is 11.8. The van der Waals surface area contributed by atoms with Gasteiger partial charge in [-0.25, -0.2) is 0 Å². The van der Waals surface area contributed by atoms with Crippen LogP contribution in [-0.4, -0.2) is 19.8 Å². The normalized spacial score (nSPS) is 30.9. The van der Waals surface area contributed by atoms with Gasteiger partial charge in [0.1, 0.15) is 17.1 Å². The van der Waals surface area contributed by atoms with Crippen molar-refractivity contribution in [3.63, 3.8) is 0 Å². The number of nitrogens with one attached hydrogen (secondary N) is 1. The predicted molar refractivity (Wildman–Crippen MR) is 80.4 cm³/mol. The van der Waals surface area contributed by atoms with Crippen LogP contribution in [-0.2, 0) is 0 Å². The molecule has 20 heavy (non-hydrogen) atoms. The first-order chi connectivity index (χ1) is 9.47. The third kappa shape index (κ3) is 2.28. The van der Waals surface area contributed by atoms with Gasteiger partial charge >= 0.3 is 0 Å². The van der Waals surface area contributed by atoms with Crippen LogP contribution in [0.3, 0.4) is 0 Å².